The third kappa shape index (κ3) is 5.35. The predicted octanol–water partition coefficient (Wildman–Crippen LogP) is 3.93. The minimum absolute atomic E-state index is 0.0280. The van der Waals surface area contributed by atoms with Gasteiger partial charge in [0.25, 0.3) is 0 Å². The van der Waals surface area contributed by atoms with Crippen LogP contribution in [0.3, 0.4) is 0 Å². The lowest BCUT2D eigenvalue weighted by Gasteiger charge is -2.36. The number of ether oxygens (including phenoxy) is 2. The Kier molecular flexibility index (Phi) is 6.88. The van der Waals surface area contributed by atoms with Crippen molar-refractivity contribution in [3.63, 3.8) is 0 Å². The number of carbonyl (C=O) groups is 2. The van der Waals surface area contributed by atoms with Gasteiger partial charge in [-0.15, -0.1) is 0 Å². The van der Waals surface area contributed by atoms with E-state index in [1.807, 2.05) is 31.2 Å². The number of hydrogen-bond donors (Lipinski definition) is 2. The van der Waals surface area contributed by atoms with Crippen molar-refractivity contribution in [1.29, 1.82) is 0 Å². The van der Waals surface area contributed by atoms with Gasteiger partial charge in [0.1, 0.15) is 5.75 Å². The third-order valence-electron chi connectivity index (χ3n) is 5.30. The van der Waals surface area contributed by atoms with Gasteiger partial charge in [-0.2, -0.15) is 0 Å². The summed E-state index contributed by atoms with van der Waals surface area (Å²) in [6, 6.07) is 15.3. The van der Waals surface area contributed by atoms with Crippen LogP contribution in [0, 0.1) is 6.92 Å². The van der Waals surface area contributed by atoms with Crippen molar-refractivity contribution >= 4 is 17.6 Å². The predicted molar refractivity (Wildman–Crippen MR) is 110 cm³/mol. The molecular weight excluding hydrogens is 370 g/mol. The first-order valence-corrected chi connectivity index (χ1v) is 9.91. The highest BCUT2D eigenvalue weighted by Gasteiger charge is 2.41. The van der Waals surface area contributed by atoms with E-state index in [1.165, 1.54) is 0 Å². The van der Waals surface area contributed by atoms with Gasteiger partial charge in [0, 0.05) is 25.3 Å². The molecule has 1 saturated heterocycles. The number of carboxylic acids is 1. The summed E-state index contributed by atoms with van der Waals surface area (Å²) in [5, 5.41) is 11.7. The molecule has 0 spiro atoms. The van der Waals surface area contributed by atoms with Gasteiger partial charge in [-0.3, -0.25) is 9.59 Å². The molecule has 0 saturated carbocycles. The standard InChI is InChI=1S/C23H27NO5/c1-17-4-6-18(7-5-17)23(12-15-28-16-13-23)22(27)24-19-8-10-20(11-9-19)29-14-2-3-21(25)26/h4-11H,2-3,12-16H2,1H3,(H,24,27)(H,25,26). The van der Waals surface area contributed by atoms with Crippen LogP contribution >= 0.6 is 0 Å². The van der Waals surface area contributed by atoms with E-state index in [-0.39, 0.29) is 12.3 Å². The number of amides is 1. The molecule has 1 aliphatic rings. The van der Waals surface area contributed by atoms with Crippen LogP contribution in [0.2, 0.25) is 0 Å². The average molecular weight is 397 g/mol. The van der Waals surface area contributed by atoms with Gasteiger partial charge in [0.2, 0.25) is 5.91 Å². The molecule has 1 fully saturated rings. The van der Waals surface area contributed by atoms with Gasteiger partial charge < -0.3 is 19.9 Å². The van der Waals surface area contributed by atoms with Crippen LogP contribution in [0.25, 0.3) is 0 Å². The highest BCUT2D eigenvalue weighted by molar-refractivity contribution is 5.99. The zero-order chi connectivity index (χ0) is 20.7. The smallest absolute Gasteiger partial charge is 0.303 e. The van der Waals surface area contributed by atoms with Crippen molar-refractivity contribution < 1.29 is 24.2 Å². The molecule has 3 rings (SSSR count). The topological polar surface area (TPSA) is 84.9 Å². The van der Waals surface area contributed by atoms with E-state index in [0.29, 0.717) is 50.5 Å². The van der Waals surface area contributed by atoms with E-state index in [1.54, 1.807) is 24.3 Å². The quantitative estimate of drug-likeness (QED) is 0.660. The second-order valence-electron chi connectivity index (χ2n) is 7.38. The zero-order valence-electron chi connectivity index (χ0n) is 16.6. The van der Waals surface area contributed by atoms with Crippen LogP contribution in [0.15, 0.2) is 48.5 Å². The lowest BCUT2D eigenvalue weighted by molar-refractivity contribution is -0.137. The molecule has 154 valence electrons. The molecule has 0 radical (unpaired) electrons. The minimum Gasteiger partial charge on any atom is -0.494 e. The first-order valence-electron chi connectivity index (χ1n) is 9.91. The molecule has 6 heteroatoms. The molecule has 6 nitrogen and oxygen atoms in total. The summed E-state index contributed by atoms with van der Waals surface area (Å²) in [6.07, 6.45) is 1.83. The van der Waals surface area contributed by atoms with Crippen molar-refractivity contribution in [3.8, 4) is 5.75 Å². The molecule has 1 aliphatic heterocycles. The second kappa shape index (κ2) is 9.56. The van der Waals surface area contributed by atoms with Crippen molar-refractivity contribution in [2.24, 2.45) is 0 Å². The maximum absolute atomic E-state index is 13.3. The number of anilines is 1. The van der Waals surface area contributed by atoms with Gasteiger partial charge in [-0.25, -0.2) is 0 Å². The highest BCUT2D eigenvalue weighted by Crippen LogP contribution is 2.36. The SMILES string of the molecule is Cc1ccc(C2(C(=O)Nc3ccc(OCCCC(=O)O)cc3)CCOCC2)cc1. The van der Waals surface area contributed by atoms with Crippen molar-refractivity contribution in [3.05, 3.63) is 59.7 Å². The summed E-state index contributed by atoms with van der Waals surface area (Å²) in [5.41, 5.74) is 2.28. The molecule has 0 aliphatic carbocycles. The van der Waals surface area contributed by atoms with E-state index in [2.05, 4.69) is 5.32 Å². The van der Waals surface area contributed by atoms with E-state index in [9.17, 15) is 9.59 Å². The van der Waals surface area contributed by atoms with Gasteiger partial charge in [0.15, 0.2) is 0 Å². The van der Waals surface area contributed by atoms with E-state index < -0.39 is 11.4 Å². The fourth-order valence-electron chi connectivity index (χ4n) is 3.54. The molecule has 2 aromatic carbocycles. The van der Waals surface area contributed by atoms with Crippen LogP contribution < -0.4 is 10.1 Å². The maximum atomic E-state index is 13.3. The molecule has 0 bridgehead atoms. The van der Waals surface area contributed by atoms with Gasteiger partial charge in [0.05, 0.1) is 12.0 Å². The molecule has 1 heterocycles. The van der Waals surface area contributed by atoms with Gasteiger partial charge >= 0.3 is 5.97 Å². The van der Waals surface area contributed by atoms with Gasteiger partial charge in [-0.05, 0) is 56.0 Å². The molecule has 0 aromatic heterocycles. The van der Waals surface area contributed by atoms with Crippen LogP contribution in [0.4, 0.5) is 5.69 Å². The Balaban J connectivity index is 1.66. The Bertz CT molecular complexity index is 823. The number of hydrogen-bond acceptors (Lipinski definition) is 4. The minimum atomic E-state index is -0.831. The van der Waals surface area contributed by atoms with E-state index in [0.717, 1.165) is 11.1 Å². The Morgan fingerprint density at radius 1 is 1.07 bits per heavy atom. The summed E-state index contributed by atoms with van der Waals surface area (Å²) in [7, 11) is 0. The van der Waals surface area contributed by atoms with Crippen LogP contribution in [-0.2, 0) is 19.7 Å². The molecular formula is C23H27NO5. The molecule has 29 heavy (non-hydrogen) atoms. The number of aryl methyl sites for hydroxylation is 1. The van der Waals surface area contributed by atoms with Crippen molar-refractivity contribution in [2.45, 2.75) is 38.0 Å². The fraction of sp³-hybridized carbons (Fsp3) is 0.391. The van der Waals surface area contributed by atoms with E-state index in [4.69, 9.17) is 14.6 Å². The van der Waals surface area contributed by atoms with Crippen molar-refractivity contribution in [1.82, 2.24) is 0 Å². The third-order valence-corrected chi connectivity index (χ3v) is 5.30. The first-order chi connectivity index (χ1) is 14.0. The lowest BCUT2D eigenvalue weighted by Crippen LogP contribution is -2.44. The van der Waals surface area contributed by atoms with Crippen LogP contribution in [-0.4, -0.2) is 36.8 Å². The Morgan fingerprint density at radius 3 is 2.34 bits per heavy atom. The zero-order valence-corrected chi connectivity index (χ0v) is 16.6. The maximum Gasteiger partial charge on any atom is 0.303 e. The lowest BCUT2D eigenvalue weighted by atomic mass is 9.73. The number of carbonyl (C=O) groups excluding carboxylic acids is 1. The summed E-state index contributed by atoms with van der Waals surface area (Å²) in [5.74, 6) is -0.213. The van der Waals surface area contributed by atoms with Gasteiger partial charge in [-0.1, -0.05) is 29.8 Å². The Labute approximate surface area is 170 Å². The van der Waals surface area contributed by atoms with E-state index >= 15 is 0 Å². The normalized spacial score (nSPS) is 15.5. The Hall–Kier alpha value is -2.86. The second-order valence-corrected chi connectivity index (χ2v) is 7.38. The fourth-order valence-corrected chi connectivity index (χ4v) is 3.54. The number of carboxylic acid groups (broad SMARTS) is 1. The van der Waals surface area contributed by atoms with Crippen molar-refractivity contribution in [2.75, 3.05) is 25.1 Å². The molecule has 2 N–H and O–H groups in total. The number of aliphatic carboxylic acids is 1. The average Bonchev–Trinajstić information content (AvgIpc) is 2.73. The molecule has 2 aromatic rings. The largest absolute Gasteiger partial charge is 0.494 e. The highest BCUT2D eigenvalue weighted by atomic mass is 16.5. The Morgan fingerprint density at radius 2 is 1.72 bits per heavy atom. The van der Waals surface area contributed by atoms with Crippen LogP contribution in [0.5, 0.6) is 5.75 Å². The first kappa shape index (κ1) is 20.9. The molecule has 1 amide bonds. The number of nitrogens with one attached hydrogen (secondary N) is 1. The monoisotopic (exact) mass is 397 g/mol. The summed E-state index contributed by atoms with van der Waals surface area (Å²) in [6.45, 7) is 3.50. The summed E-state index contributed by atoms with van der Waals surface area (Å²) < 4.78 is 11.1. The molecule has 0 atom stereocenters. The summed E-state index contributed by atoms with van der Waals surface area (Å²) in [4.78, 5) is 23.8. The molecule has 0 unspecified atom stereocenters. The number of rotatable bonds is 8. The number of benzene rings is 2. The van der Waals surface area contributed by atoms with Crippen LogP contribution in [0.1, 0.15) is 36.8 Å². The summed E-state index contributed by atoms with van der Waals surface area (Å²) >= 11 is 0.